The summed E-state index contributed by atoms with van der Waals surface area (Å²) in [4.78, 5) is 24.4. The number of fused-ring (bicyclic) bond motifs is 1. The van der Waals surface area contributed by atoms with Crippen LogP contribution in [-0.4, -0.2) is 51.9 Å². The maximum atomic E-state index is 12.3. The molecule has 1 aromatic carbocycles. The number of aliphatic carboxylic acids is 1. The first-order chi connectivity index (χ1) is 10.6. The molecule has 114 valence electrons. The minimum Gasteiger partial charge on any atom is -0.497 e. The highest BCUT2D eigenvalue weighted by Crippen LogP contribution is 2.25. The van der Waals surface area contributed by atoms with Crippen LogP contribution in [0.25, 0.3) is 11.3 Å². The van der Waals surface area contributed by atoms with E-state index in [0.717, 1.165) is 5.56 Å². The summed E-state index contributed by atoms with van der Waals surface area (Å²) >= 11 is 0. The molecular formula is C15H15N3O4. The predicted molar refractivity (Wildman–Crippen MR) is 77.8 cm³/mol. The van der Waals surface area contributed by atoms with Crippen LogP contribution in [0.1, 0.15) is 10.5 Å². The monoisotopic (exact) mass is 301 g/mol. The molecule has 0 aliphatic carbocycles. The summed E-state index contributed by atoms with van der Waals surface area (Å²) in [5, 5.41) is 13.3. The highest BCUT2D eigenvalue weighted by molar-refractivity contribution is 5.96. The molecule has 0 atom stereocenters. The Hall–Kier alpha value is -2.83. The van der Waals surface area contributed by atoms with Crippen LogP contribution in [0.5, 0.6) is 5.75 Å². The van der Waals surface area contributed by atoms with E-state index >= 15 is 0 Å². The summed E-state index contributed by atoms with van der Waals surface area (Å²) in [5.41, 5.74) is 1.92. The second-order valence-electron chi connectivity index (χ2n) is 4.99. The highest BCUT2D eigenvalue weighted by atomic mass is 16.5. The van der Waals surface area contributed by atoms with Gasteiger partial charge in [-0.05, 0) is 18.2 Å². The van der Waals surface area contributed by atoms with E-state index in [2.05, 4.69) is 5.10 Å². The van der Waals surface area contributed by atoms with Crippen molar-refractivity contribution in [2.75, 3.05) is 20.2 Å². The number of hydrogen-bond donors (Lipinski definition) is 1. The number of nitrogens with zero attached hydrogens (tertiary/aromatic N) is 3. The van der Waals surface area contributed by atoms with Gasteiger partial charge in [0.05, 0.1) is 19.3 Å². The number of hydrogen-bond acceptors (Lipinski definition) is 4. The normalized spacial score (nSPS) is 13.9. The molecule has 1 aliphatic heterocycles. The Labute approximate surface area is 126 Å². The molecule has 7 heteroatoms. The second kappa shape index (κ2) is 5.51. The fraction of sp³-hybridized carbons (Fsp3) is 0.267. The van der Waals surface area contributed by atoms with Gasteiger partial charge in [0.15, 0.2) is 0 Å². The van der Waals surface area contributed by atoms with Gasteiger partial charge in [0.2, 0.25) is 0 Å². The first kappa shape index (κ1) is 14.1. The fourth-order valence-electron chi connectivity index (χ4n) is 2.48. The van der Waals surface area contributed by atoms with E-state index in [-0.39, 0.29) is 12.5 Å². The lowest BCUT2D eigenvalue weighted by molar-refractivity contribution is -0.137. The van der Waals surface area contributed by atoms with Crippen LogP contribution in [0.2, 0.25) is 0 Å². The standard InChI is InChI=1S/C15H15N3O4/c1-22-11-4-2-3-10(7-11)12-8-13-15(21)17(9-14(19)20)5-6-18(13)16-12/h2-4,7-8H,5-6,9H2,1H3,(H,19,20). The number of carboxylic acid groups (broad SMARTS) is 1. The van der Waals surface area contributed by atoms with Crippen LogP contribution in [-0.2, 0) is 11.3 Å². The van der Waals surface area contributed by atoms with Crippen LogP contribution < -0.4 is 4.74 Å². The van der Waals surface area contributed by atoms with E-state index in [1.54, 1.807) is 17.9 Å². The quantitative estimate of drug-likeness (QED) is 0.914. The van der Waals surface area contributed by atoms with Crippen LogP contribution in [0.15, 0.2) is 30.3 Å². The molecule has 1 amide bonds. The lowest BCUT2D eigenvalue weighted by Gasteiger charge is -2.25. The summed E-state index contributed by atoms with van der Waals surface area (Å²) in [6.07, 6.45) is 0. The zero-order valence-corrected chi connectivity index (χ0v) is 12.0. The zero-order valence-electron chi connectivity index (χ0n) is 12.0. The van der Waals surface area contributed by atoms with Gasteiger partial charge in [-0.2, -0.15) is 5.10 Å². The van der Waals surface area contributed by atoms with Crippen molar-refractivity contribution in [2.24, 2.45) is 0 Å². The van der Waals surface area contributed by atoms with Crippen molar-refractivity contribution in [3.8, 4) is 17.0 Å². The van der Waals surface area contributed by atoms with Gasteiger partial charge < -0.3 is 14.7 Å². The average Bonchev–Trinajstić information content (AvgIpc) is 2.95. The van der Waals surface area contributed by atoms with Gasteiger partial charge >= 0.3 is 5.97 Å². The van der Waals surface area contributed by atoms with Crippen LogP contribution >= 0.6 is 0 Å². The average molecular weight is 301 g/mol. The van der Waals surface area contributed by atoms with Gasteiger partial charge in [-0.3, -0.25) is 14.3 Å². The van der Waals surface area contributed by atoms with E-state index < -0.39 is 5.97 Å². The summed E-state index contributed by atoms with van der Waals surface area (Å²) < 4.78 is 6.81. The van der Waals surface area contributed by atoms with Crippen molar-refractivity contribution < 1.29 is 19.4 Å². The number of carboxylic acids is 1. The molecule has 0 spiro atoms. The van der Waals surface area contributed by atoms with Gasteiger partial charge in [-0.15, -0.1) is 0 Å². The second-order valence-corrected chi connectivity index (χ2v) is 4.99. The van der Waals surface area contributed by atoms with Gasteiger partial charge in [0.25, 0.3) is 5.91 Å². The molecule has 2 heterocycles. The van der Waals surface area contributed by atoms with E-state index in [1.165, 1.54) is 4.90 Å². The molecule has 3 rings (SSSR count). The van der Waals surface area contributed by atoms with Crippen LogP contribution in [0.3, 0.4) is 0 Å². The van der Waals surface area contributed by atoms with Gasteiger partial charge in [-0.25, -0.2) is 0 Å². The van der Waals surface area contributed by atoms with Crippen molar-refractivity contribution in [1.82, 2.24) is 14.7 Å². The number of carbonyl (C=O) groups excluding carboxylic acids is 1. The Morgan fingerprint density at radius 2 is 2.18 bits per heavy atom. The van der Waals surface area contributed by atoms with E-state index in [4.69, 9.17) is 9.84 Å². The van der Waals surface area contributed by atoms with E-state index in [0.29, 0.717) is 30.2 Å². The molecule has 0 saturated carbocycles. The van der Waals surface area contributed by atoms with Crippen molar-refractivity contribution in [2.45, 2.75) is 6.54 Å². The Balaban J connectivity index is 1.92. The molecule has 0 bridgehead atoms. The number of rotatable bonds is 4. The lowest BCUT2D eigenvalue weighted by Crippen LogP contribution is -2.43. The third-order valence-corrected chi connectivity index (χ3v) is 3.56. The first-order valence-corrected chi connectivity index (χ1v) is 6.82. The Kier molecular flexibility index (Phi) is 3.54. The molecule has 1 aliphatic rings. The minimum atomic E-state index is -1.02. The Bertz CT molecular complexity index is 738. The number of benzene rings is 1. The van der Waals surface area contributed by atoms with Gasteiger partial charge in [0.1, 0.15) is 18.0 Å². The molecule has 7 nitrogen and oxygen atoms in total. The zero-order chi connectivity index (χ0) is 15.7. The van der Waals surface area contributed by atoms with Crippen molar-refractivity contribution >= 4 is 11.9 Å². The fourth-order valence-corrected chi connectivity index (χ4v) is 2.48. The SMILES string of the molecule is COc1cccc(-c2cc3n(n2)CCN(CC(=O)O)C3=O)c1. The highest BCUT2D eigenvalue weighted by Gasteiger charge is 2.27. The maximum absolute atomic E-state index is 12.3. The topological polar surface area (TPSA) is 84.7 Å². The lowest BCUT2D eigenvalue weighted by atomic mass is 10.1. The summed E-state index contributed by atoms with van der Waals surface area (Å²) in [5.74, 6) is -0.619. The summed E-state index contributed by atoms with van der Waals surface area (Å²) in [6, 6.07) is 9.10. The van der Waals surface area contributed by atoms with Crippen molar-refractivity contribution in [3.63, 3.8) is 0 Å². The van der Waals surface area contributed by atoms with Crippen molar-refractivity contribution in [3.05, 3.63) is 36.0 Å². The van der Waals surface area contributed by atoms with E-state index in [9.17, 15) is 9.59 Å². The Morgan fingerprint density at radius 3 is 2.91 bits per heavy atom. The predicted octanol–water partition coefficient (Wildman–Crippen LogP) is 1.10. The first-order valence-electron chi connectivity index (χ1n) is 6.82. The number of carbonyl (C=O) groups is 2. The molecule has 1 aromatic heterocycles. The Morgan fingerprint density at radius 1 is 1.36 bits per heavy atom. The molecule has 22 heavy (non-hydrogen) atoms. The van der Waals surface area contributed by atoms with Crippen LogP contribution in [0, 0.1) is 0 Å². The molecular weight excluding hydrogens is 286 g/mol. The largest absolute Gasteiger partial charge is 0.497 e. The smallest absolute Gasteiger partial charge is 0.323 e. The number of amides is 1. The molecule has 0 unspecified atom stereocenters. The summed E-state index contributed by atoms with van der Waals surface area (Å²) in [6.45, 7) is 0.536. The molecule has 0 saturated heterocycles. The maximum Gasteiger partial charge on any atom is 0.323 e. The number of ether oxygens (including phenoxy) is 1. The minimum absolute atomic E-state index is 0.293. The van der Waals surface area contributed by atoms with Crippen molar-refractivity contribution in [1.29, 1.82) is 0 Å². The summed E-state index contributed by atoms with van der Waals surface area (Å²) in [7, 11) is 1.59. The van der Waals surface area contributed by atoms with Crippen LogP contribution in [0.4, 0.5) is 0 Å². The molecule has 1 N–H and O–H groups in total. The molecule has 0 radical (unpaired) electrons. The van der Waals surface area contributed by atoms with Gasteiger partial charge in [-0.1, -0.05) is 12.1 Å². The van der Waals surface area contributed by atoms with E-state index in [1.807, 2.05) is 24.3 Å². The molecule has 2 aromatic rings. The third-order valence-electron chi connectivity index (χ3n) is 3.56. The number of methoxy groups -OCH3 is 1. The van der Waals surface area contributed by atoms with Gasteiger partial charge in [0, 0.05) is 12.1 Å². The number of aromatic nitrogens is 2. The molecule has 0 fully saturated rings. The third kappa shape index (κ3) is 2.52.